The number of anilines is 2. The van der Waals surface area contributed by atoms with Gasteiger partial charge in [-0.25, -0.2) is 18.7 Å². The number of amides is 3. The second kappa shape index (κ2) is 17.2. The summed E-state index contributed by atoms with van der Waals surface area (Å²) < 4.78 is 70.6. The van der Waals surface area contributed by atoms with Crippen molar-refractivity contribution in [3.63, 3.8) is 0 Å². The number of fused-ring (bicyclic) bond motifs is 2. The molecule has 61 heavy (non-hydrogen) atoms. The Morgan fingerprint density at radius 3 is 2.51 bits per heavy atom. The van der Waals surface area contributed by atoms with Gasteiger partial charge in [-0.2, -0.15) is 18.0 Å². The third-order valence-corrected chi connectivity index (χ3v) is 13.7. The molecule has 3 aliphatic heterocycles. The van der Waals surface area contributed by atoms with Crippen LogP contribution in [0.1, 0.15) is 49.7 Å². The molecular weight excluding hydrogens is 813 g/mol. The average Bonchev–Trinajstić information content (AvgIpc) is 3.68. The van der Waals surface area contributed by atoms with Crippen LogP contribution in [0.5, 0.6) is 17.4 Å². The van der Waals surface area contributed by atoms with Gasteiger partial charge < -0.3 is 19.7 Å². The summed E-state index contributed by atoms with van der Waals surface area (Å²) in [7, 11) is -2.62. The van der Waals surface area contributed by atoms with Crippen LogP contribution in [0.15, 0.2) is 54.7 Å². The first-order chi connectivity index (χ1) is 29.3. The van der Waals surface area contributed by atoms with Gasteiger partial charge >= 0.3 is 10.2 Å². The van der Waals surface area contributed by atoms with Gasteiger partial charge in [0.05, 0.1) is 36.1 Å². The number of likely N-dealkylation sites (tertiary alicyclic amines) is 2. The van der Waals surface area contributed by atoms with Crippen molar-refractivity contribution in [2.24, 2.45) is 17.8 Å². The SMILES string of the molecule is CCN(C)S(=O)(=O)Nc1ccc(F)c(Oc2ccc3ncc(OCC4[C@H]5CN(C(=O)CN6CCC(c7ccc(NC8CCC(=O)NC8=O)cc7F)CC6)C[C@@H]45)nc3c2)c1C#N. The molecular formula is C42H45F2N9O7S. The van der Waals surface area contributed by atoms with Crippen molar-refractivity contribution in [2.45, 2.75) is 44.6 Å². The normalized spacial score (nSPS) is 21.8. The molecule has 0 radical (unpaired) electrons. The van der Waals surface area contributed by atoms with Crippen LogP contribution in [0.3, 0.4) is 0 Å². The molecule has 19 heteroatoms. The van der Waals surface area contributed by atoms with Crippen LogP contribution in [-0.4, -0.2) is 109 Å². The lowest BCUT2D eigenvalue weighted by Crippen LogP contribution is -2.47. The minimum atomic E-state index is -3.99. The Morgan fingerprint density at radius 1 is 1.03 bits per heavy atom. The summed E-state index contributed by atoms with van der Waals surface area (Å²) in [5.41, 5.74) is 1.57. The zero-order chi connectivity index (χ0) is 43.0. The number of benzene rings is 3. The van der Waals surface area contributed by atoms with Gasteiger partial charge in [0, 0.05) is 50.8 Å². The molecule has 4 atom stereocenters. The number of aromatic nitrogens is 2. The first kappa shape index (κ1) is 41.8. The van der Waals surface area contributed by atoms with Gasteiger partial charge in [0.2, 0.25) is 23.6 Å². The third kappa shape index (κ3) is 9.06. The van der Waals surface area contributed by atoms with Crippen LogP contribution in [0, 0.1) is 40.7 Å². The van der Waals surface area contributed by atoms with Gasteiger partial charge in [-0.1, -0.05) is 13.0 Å². The summed E-state index contributed by atoms with van der Waals surface area (Å²) in [6.07, 6.45) is 3.55. The topological polar surface area (TPSA) is 199 Å². The van der Waals surface area contributed by atoms with Gasteiger partial charge in [0.15, 0.2) is 11.6 Å². The van der Waals surface area contributed by atoms with E-state index in [-0.39, 0.29) is 65.3 Å². The summed E-state index contributed by atoms with van der Waals surface area (Å²) in [4.78, 5) is 49.8. The third-order valence-electron chi connectivity index (χ3n) is 12.1. The molecule has 4 aromatic rings. The average molecular weight is 858 g/mol. The van der Waals surface area contributed by atoms with Gasteiger partial charge in [0.25, 0.3) is 0 Å². The van der Waals surface area contributed by atoms with E-state index in [2.05, 4.69) is 30.2 Å². The molecule has 1 aromatic heterocycles. The molecule has 8 rings (SSSR count). The van der Waals surface area contributed by atoms with Crippen molar-refractivity contribution in [3.05, 3.63) is 77.5 Å². The van der Waals surface area contributed by atoms with E-state index in [4.69, 9.17) is 9.47 Å². The van der Waals surface area contributed by atoms with Gasteiger partial charge in [-0.05, 0) is 92.1 Å². The number of rotatable bonds is 14. The van der Waals surface area contributed by atoms with Gasteiger partial charge in [0.1, 0.15) is 29.2 Å². The zero-order valence-corrected chi connectivity index (χ0v) is 34.4. The Hall–Kier alpha value is -5.97. The standard InChI is InChI=1S/C42H45F2N9O7S/c1-3-51(2)61(57,58)50-34-9-7-32(43)41(28(34)18-45)60-26-5-8-35-37(17-26)48-39(19-46-35)59-23-31-29-20-53(21-30(29)31)40(55)22-52-14-12-24(13-15-52)27-6-4-25(16-33(27)44)47-36-10-11-38(54)49-42(36)56/h4-9,16-17,19,24,29-31,36,47,50H,3,10-15,20-23H2,1-2H3,(H,49,54,56)/t29-,30+,31?,36?. The Bertz CT molecular complexity index is 2520. The fourth-order valence-electron chi connectivity index (χ4n) is 8.42. The molecule has 2 unspecified atom stereocenters. The number of nitriles is 1. The van der Waals surface area contributed by atoms with E-state index in [9.17, 15) is 32.5 Å². The minimum absolute atomic E-state index is 0.0226. The smallest absolute Gasteiger partial charge is 0.301 e. The zero-order valence-electron chi connectivity index (χ0n) is 33.6. The fourth-order valence-corrected chi connectivity index (χ4v) is 9.36. The highest BCUT2D eigenvalue weighted by Crippen LogP contribution is 2.51. The number of carbonyl (C=O) groups is 3. The highest BCUT2D eigenvalue weighted by molar-refractivity contribution is 7.90. The molecule has 4 aliphatic rings. The molecule has 3 N–H and O–H groups in total. The Morgan fingerprint density at radius 2 is 1.80 bits per heavy atom. The summed E-state index contributed by atoms with van der Waals surface area (Å²) in [5, 5.41) is 15.2. The van der Waals surface area contributed by atoms with Crippen molar-refractivity contribution in [1.29, 1.82) is 5.26 Å². The second-order valence-electron chi connectivity index (χ2n) is 15.9. The molecule has 1 saturated carbocycles. The summed E-state index contributed by atoms with van der Waals surface area (Å²) in [6, 6.07) is 13.0. The first-order valence-corrected chi connectivity index (χ1v) is 21.7. The lowest BCUT2D eigenvalue weighted by Gasteiger charge is -2.33. The van der Waals surface area contributed by atoms with Crippen LogP contribution < -0.4 is 24.8 Å². The van der Waals surface area contributed by atoms with E-state index < -0.39 is 33.7 Å². The Kier molecular flexibility index (Phi) is 11.8. The van der Waals surface area contributed by atoms with E-state index in [0.29, 0.717) is 79.9 Å². The molecule has 0 bridgehead atoms. The van der Waals surface area contributed by atoms with Crippen molar-refractivity contribution >= 4 is 50.3 Å². The van der Waals surface area contributed by atoms with Crippen molar-refractivity contribution in [1.82, 2.24) is 29.4 Å². The maximum Gasteiger partial charge on any atom is 0.301 e. The first-order valence-electron chi connectivity index (χ1n) is 20.2. The maximum absolute atomic E-state index is 15.2. The van der Waals surface area contributed by atoms with E-state index in [1.165, 1.54) is 31.4 Å². The molecule has 320 valence electrons. The molecule has 3 amide bonds. The van der Waals surface area contributed by atoms with Crippen LogP contribution in [-0.2, 0) is 24.6 Å². The Labute approximate surface area is 351 Å². The van der Waals surface area contributed by atoms with Crippen molar-refractivity contribution in [2.75, 3.05) is 63.0 Å². The van der Waals surface area contributed by atoms with Crippen molar-refractivity contribution < 1.29 is 41.1 Å². The number of hydrogen-bond donors (Lipinski definition) is 3. The van der Waals surface area contributed by atoms with Crippen molar-refractivity contribution in [3.8, 4) is 23.4 Å². The largest absolute Gasteiger partial charge is 0.476 e. The minimum Gasteiger partial charge on any atom is -0.476 e. The fraction of sp³-hybridized carbons (Fsp3) is 0.429. The summed E-state index contributed by atoms with van der Waals surface area (Å²) >= 11 is 0. The molecule has 3 saturated heterocycles. The van der Waals surface area contributed by atoms with E-state index in [1.54, 1.807) is 25.1 Å². The number of nitrogens with zero attached hydrogens (tertiary/aromatic N) is 6. The highest BCUT2D eigenvalue weighted by atomic mass is 32.2. The molecule has 16 nitrogen and oxygen atoms in total. The number of halogens is 2. The van der Waals surface area contributed by atoms with Crippen LogP contribution in [0.2, 0.25) is 0 Å². The second-order valence-corrected chi connectivity index (χ2v) is 17.7. The molecule has 1 aliphatic carbocycles. The number of piperidine rings is 3. The monoisotopic (exact) mass is 857 g/mol. The number of ether oxygens (including phenoxy) is 2. The number of imide groups is 1. The van der Waals surface area contributed by atoms with E-state index >= 15 is 4.39 Å². The Balaban J connectivity index is 0.797. The summed E-state index contributed by atoms with van der Waals surface area (Å²) in [6.45, 7) is 5.20. The summed E-state index contributed by atoms with van der Waals surface area (Å²) in [5.74, 6) is -0.912. The molecule has 0 spiro atoms. The molecule has 4 heterocycles. The number of nitrogens with one attached hydrogen (secondary N) is 3. The number of hydrogen-bond acceptors (Lipinski definition) is 12. The predicted octanol–water partition coefficient (Wildman–Crippen LogP) is 4.36. The van der Waals surface area contributed by atoms with Crippen LogP contribution in [0.25, 0.3) is 11.0 Å². The lowest BCUT2D eigenvalue weighted by molar-refractivity contribution is -0.134. The van der Waals surface area contributed by atoms with Crippen LogP contribution in [0.4, 0.5) is 20.2 Å². The van der Waals surface area contributed by atoms with Gasteiger partial charge in [-0.3, -0.25) is 29.3 Å². The molecule has 4 fully saturated rings. The predicted molar refractivity (Wildman–Crippen MR) is 219 cm³/mol. The van der Waals surface area contributed by atoms with E-state index in [0.717, 1.165) is 29.3 Å². The highest BCUT2D eigenvalue weighted by Gasteiger charge is 2.57. The lowest BCUT2D eigenvalue weighted by atomic mass is 9.89. The van der Waals surface area contributed by atoms with Crippen LogP contribution >= 0.6 is 0 Å². The maximum atomic E-state index is 15.2. The van der Waals surface area contributed by atoms with Gasteiger partial charge in [-0.15, -0.1) is 0 Å². The number of carbonyl (C=O) groups excluding carboxylic acids is 3. The van der Waals surface area contributed by atoms with E-state index in [1.807, 2.05) is 11.0 Å². The molecule has 3 aromatic carbocycles. The quantitative estimate of drug-likeness (QED) is 0.152.